The Labute approximate surface area is 69.8 Å². The molecule has 0 aromatic carbocycles. The Morgan fingerprint density at radius 1 is 1.58 bits per heavy atom. The summed E-state index contributed by atoms with van der Waals surface area (Å²) in [6.07, 6.45) is 1.26. The average Bonchev–Trinajstić information content (AvgIpc) is 2.05. The van der Waals surface area contributed by atoms with E-state index in [0.717, 1.165) is 7.11 Å². The molecule has 1 aromatic heterocycles. The first kappa shape index (κ1) is 8.95. The van der Waals surface area contributed by atoms with Crippen LogP contribution in [0, 0.1) is 0 Å². The van der Waals surface area contributed by atoms with Gasteiger partial charge in [-0.2, -0.15) is 8.42 Å². The number of hydrogen-bond donors (Lipinski definition) is 1. The topological polar surface area (TPSA) is 76.5 Å². The highest BCUT2D eigenvalue weighted by Gasteiger charge is 2.18. The lowest BCUT2D eigenvalue weighted by Crippen LogP contribution is -2.04. The lowest BCUT2D eigenvalue weighted by Gasteiger charge is -2.00. The molecule has 0 fully saturated rings. The van der Waals surface area contributed by atoms with Crippen LogP contribution in [-0.2, 0) is 14.3 Å². The average molecular weight is 189 g/mol. The molecule has 0 spiro atoms. The van der Waals surface area contributed by atoms with Crippen LogP contribution >= 0.6 is 0 Å². The SMILES string of the molecule is COS(=O)(=O)c1ncccc1O. The second-order valence-corrected chi connectivity index (χ2v) is 3.58. The molecular formula is C6H7NO4S. The molecule has 1 heterocycles. The summed E-state index contributed by atoms with van der Waals surface area (Å²) < 4.78 is 26.1. The van der Waals surface area contributed by atoms with Crippen LogP contribution in [0.15, 0.2) is 23.4 Å². The van der Waals surface area contributed by atoms with Gasteiger partial charge in [-0.25, -0.2) is 4.98 Å². The van der Waals surface area contributed by atoms with Crippen molar-refractivity contribution in [1.82, 2.24) is 4.98 Å². The van der Waals surface area contributed by atoms with Crippen LogP contribution in [0.4, 0.5) is 0 Å². The Kier molecular flexibility index (Phi) is 2.30. The Morgan fingerprint density at radius 3 is 2.75 bits per heavy atom. The summed E-state index contributed by atoms with van der Waals surface area (Å²) >= 11 is 0. The zero-order valence-electron chi connectivity index (χ0n) is 6.26. The maximum Gasteiger partial charge on any atom is 0.318 e. The predicted molar refractivity (Wildman–Crippen MR) is 40.1 cm³/mol. The van der Waals surface area contributed by atoms with Gasteiger partial charge in [-0.3, -0.25) is 4.18 Å². The Bertz CT molecular complexity index is 373. The summed E-state index contributed by atoms with van der Waals surface area (Å²) in [4.78, 5) is 3.46. The van der Waals surface area contributed by atoms with Crippen LogP contribution < -0.4 is 0 Å². The van der Waals surface area contributed by atoms with Gasteiger partial charge in [-0.05, 0) is 12.1 Å². The Morgan fingerprint density at radius 2 is 2.25 bits per heavy atom. The molecule has 0 aliphatic heterocycles. The molecule has 0 unspecified atom stereocenters. The van der Waals surface area contributed by atoms with E-state index >= 15 is 0 Å². The number of aromatic nitrogens is 1. The third-order valence-electron chi connectivity index (χ3n) is 1.21. The first-order chi connectivity index (χ1) is 5.58. The zero-order chi connectivity index (χ0) is 9.19. The summed E-state index contributed by atoms with van der Waals surface area (Å²) in [5, 5.41) is 8.59. The predicted octanol–water partition coefficient (Wildman–Crippen LogP) is 0.122. The van der Waals surface area contributed by atoms with E-state index in [1.165, 1.54) is 18.3 Å². The lowest BCUT2D eigenvalue weighted by atomic mass is 10.5. The van der Waals surface area contributed by atoms with E-state index in [-0.39, 0.29) is 0 Å². The smallest absolute Gasteiger partial charge is 0.318 e. The molecular weight excluding hydrogens is 182 g/mol. The minimum absolute atomic E-state index is 0.417. The summed E-state index contributed by atoms with van der Waals surface area (Å²) in [5.41, 5.74) is 0. The molecule has 6 heteroatoms. The van der Waals surface area contributed by atoms with E-state index in [9.17, 15) is 8.42 Å². The molecule has 12 heavy (non-hydrogen) atoms. The van der Waals surface area contributed by atoms with Crippen molar-refractivity contribution in [2.24, 2.45) is 0 Å². The zero-order valence-corrected chi connectivity index (χ0v) is 7.08. The second kappa shape index (κ2) is 3.08. The molecule has 0 amide bonds. The molecule has 0 saturated carbocycles. The molecule has 1 rings (SSSR count). The van der Waals surface area contributed by atoms with Crippen LogP contribution in [0.2, 0.25) is 0 Å². The minimum atomic E-state index is -3.89. The molecule has 66 valence electrons. The molecule has 0 aliphatic carbocycles. The number of rotatable bonds is 2. The quantitative estimate of drug-likeness (QED) is 0.669. The van der Waals surface area contributed by atoms with Crippen molar-refractivity contribution in [2.45, 2.75) is 5.03 Å². The third-order valence-corrected chi connectivity index (χ3v) is 2.43. The van der Waals surface area contributed by atoms with Crippen LogP contribution in [0.3, 0.4) is 0 Å². The molecule has 5 nitrogen and oxygen atoms in total. The first-order valence-electron chi connectivity index (χ1n) is 3.02. The fraction of sp³-hybridized carbons (Fsp3) is 0.167. The van der Waals surface area contributed by atoms with E-state index in [0.29, 0.717) is 0 Å². The van der Waals surface area contributed by atoms with Crippen LogP contribution in [0.5, 0.6) is 5.75 Å². The standard InChI is InChI=1S/C6H7NO4S/c1-11-12(9,10)6-5(8)3-2-4-7-6/h2-4,8H,1H3. The van der Waals surface area contributed by atoms with Gasteiger partial charge in [0.25, 0.3) is 0 Å². The van der Waals surface area contributed by atoms with E-state index in [4.69, 9.17) is 5.11 Å². The minimum Gasteiger partial charge on any atom is -0.505 e. The van der Waals surface area contributed by atoms with Gasteiger partial charge in [0.05, 0.1) is 7.11 Å². The van der Waals surface area contributed by atoms with Crippen LogP contribution in [0.25, 0.3) is 0 Å². The fourth-order valence-corrected chi connectivity index (χ4v) is 1.33. The molecule has 1 N–H and O–H groups in total. The van der Waals surface area contributed by atoms with Crippen molar-refractivity contribution < 1.29 is 17.7 Å². The van der Waals surface area contributed by atoms with Crippen LogP contribution in [0.1, 0.15) is 0 Å². The van der Waals surface area contributed by atoms with Crippen molar-refractivity contribution in [2.75, 3.05) is 7.11 Å². The van der Waals surface area contributed by atoms with E-state index < -0.39 is 20.9 Å². The van der Waals surface area contributed by atoms with Gasteiger partial charge in [0.15, 0.2) is 5.75 Å². The van der Waals surface area contributed by atoms with Crippen molar-refractivity contribution in [3.05, 3.63) is 18.3 Å². The molecule has 0 bridgehead atoms. The number of nitrogens with zero attached hydrogens (tertiary/aromatic N) is 1. The second-order valence-electron chi connectivity index (χ2n) is 1.95. The lowest BCUT2D eigenvalue weighted by molar-refractivity contribution is 0.385. The van der Waals surface area contributed by atoms with E-state index in [1.807, 2.05) is 0 Å². The Balaban J connectivity index is 3.30. The fourth-order valence-electron chi connectivity index (χ4n) is 0.654. The maximum atomic E-state index is 11.0. The molecule has 0 radical (unpaired) electrons. The van der Waals surface area contributed by atoms with Gasteiger partial charge in [0.1, 0.15) is 0 Å². The van der Waals surface area contributed by atoms with Gasteiger partial charge < -0.3 is 5.11 Å². The number of aromatic hydroxyl groups is 1. The van der Waals surface area contributed by atoms with Crippen molar-refractivity contribution >= 4 is 10.1 Å². The van der Waals surface area contributed by atoms with Crippen LogP contribution in [-0.4, -0.2) is 25.6 Å². The largest absolute Gasteiger partial charge is 0.505 e. The number of hydrogen-bond acceptors (Lipinski definition) is 5. The summed E-state index contributed by atoms with van der Waals surface area (Å²) in [7, 11) is -2.89. The maximum absolute atomic E-state index is 11.0. The molecule has 1 aromatic rings. The molecule has 0 atom stereocenters. The van der Waals surface area contributed by atoms with Crippen molar-refractivity contribution in [3.63, 3.8) is 0 Å². The van der Waals surface area contributed by atoms with Crippen molar-refractivity contribution in [1.29, 1.82) is 0 Å². The van der Waals surface area contributed by atoms with Gasteiger partial charge in [-0.1, -0.05) is 0 Å². The molecule has 0 aliphatic rings. The van der Waals surface area contributed by atoms with E-state index in [2.05, 4.69) is 9.17 Å². The summed E-state index contributed by atoms with van der Waals surface area (Å²) in [6.45, 7) is 0. The van der Waals surface area contributed by atoms with E-state index in [1.54, 1.807) is 0 Å². The normalized spacial score (nSPS) is 11.4. The highest BCUT2D eigenvalue weighted by Crippen LogP contribution is 2.19. The van der Waals surface area contributed by atoms with Gasteiger partial charge in [0, 0.05) is 6.20 Å². The third kappa shape index (κ3) is 1.54. The highest BCUT2D eigenvalue weighted by atomic mass is 32.2. The summed E-state index contributed by atoms with van der Waals surface area (Å²) in [5.74, 6) is -0.417. The first-order valence-corrected chi connectivity index (χ1v) is 4.43. The van der Waals surface area contributed by atoms with Crippen molar-refractivity contribution in [3.8, 4) is 5.75 Å². The summed E-state index contributed by atoms with van der Waals surface area (Å²) in [6, 6.07) is 2.64. The van der Waals surface area contributed by atoms with Gasteiger partial charge >= 0.3 is 10.1 Å². The van der Waals surface area contributed by atoms with Gasteiger partial charge in [-0.15, -0.1) is 0 Å². The number of pyridine rings is 1. The highest BCUT2D eigenvalue weighted by molar-refractivity contribution is 7.86. The van der Waals surface area contributed by atoms with Gasteiger partial charge in [0.2, 0.25) is 5.03 Å². The molecule has 0 saturated heterocycles. The monoisotopic (exact) mass is 189 g/mol. The Hall–Kier alpha value is -1.14.